The Morgan fingerprint density at radius 3 is 2.45 bits per heavy atom. The summed E-state index contributed by atoms with van der Waals surface area (Å²) in [6, 6.07) is 0. The van der Waals surface area contributed by atoms with Crippen molar-refractivity contribution >= 4 is 5.97 Å². The minimum Gasteiger partial charge on any atom is -0.479 e. The fourth-order valence-corrected chi connectivity index (χ4v) is 1.36. The van der Waals surface area contributed by atoms with Gasteiger partial charge in [0.25, 0.3) is 0 Å². The molecule has 1 aliphatic rings. The van der Waals surface area contributed by atoms with Gasteiger partial charge in [0.2, 0.25) is 0 Å². The molecular weight excluding hydrogens is 146 g/mol. The lowest BCUT2D eigenvalue weighted by atomic mass is 9.92. The van der Waals surface area contributed by atoms with E-state index in [1.54, 1.807) is 0 Å². The summed E-state index contributed by atoms with van der Waals surface area (Å²) >= 11 is 0. The molecule has 1 atom stereocenters. The summed E-state index contributed by atoms with van der Waals surface area (Å²) in [4.78, 5) is 10.3. The molecule has 1 unspecified atom stereocenters. The zero-order chi connectivity index (χ0) is 8.27. The zero-order valence-electron chi connectivity index (χ0n) is 6.29. The van der Waals surface area contributed by atoms with Gasteiger partial charge < -0.3 is 15.5 Å². The van der Waals surface area contributed by atoms with Crippen LogP contribution in [0.25, 0.3) is 0 Å². The molecule has 1 fully saturated rings. The number of nitrogens with one attached hydrogen (secondary N) is 1. The summed E-state index contributed by atoms with van der Waals surface area (Å²) in [6.07, 6.45) is 0.345. The van der Waals surface area contributed by atoms with Gasteiger partial charge in [0.05, 0.1) is 0 Å². The fraction of sp³-hybridized carbons (Fsp3) is 0.857. The number of piperidine rings is 1. The molecule has 0 aromatic rings. The molecule has 3 N–H and O–H groups in total. The summed E-state index contributed by atoms with van der Waals surface area (Å²) in [5.74, 6) is -1.16. The van der Waals surface area contributed by atoms with Crippen LogP contribution in [0.15, 0.2) is 0 Å². The average molecular weight is 159 g/mol. The summed E-state index contributed by atoms with van der Waals surface area (Å²) in [5.41, 5.74) is 0. The van der Waals surface area contributed by atoms with E-state index in [1.807, 2.05) is 0 Å². The van der Waals surface area contributed by atoms with Crippen LogP contribution in [0.4, 0.5) is 0 Å². The van der Waals surface area contributed by atoms with Crippen LogP contribution in [0.1, 0.15) is 12.8 Å². The van der Waals surface area contributed by atoms with Crippen LogP contribution in [0, 0.1) is 5.92 Å². The van der Waals surface area contributed by atoms with E-state index in [2.05, 4.69) is 5.32 Å². The number of aliphatic hydroxyl groups is 1. The Morgan fingerprint density at radius 2 is 2.00 bits per heavy atom. The lowest BCUT2D eigenvalue weighted by Crippen LogP contribution is -2.37. The third-order valence-electron chi connectivity index (χ3n) is 2.08. The molecule has 1 aliphatic heterocycles. The van der Waals surface area contributed by atoms with Gasteiger partial charge in [-0.25, -0.2) is 4.79 Å². The molecule has 0 saturated carbocycles. The monoisotopic (exact) mass is 159 g/mol. The first kappa shape index (κ1) is 8.49. The van der Waals surface area contributed by atoms with Gasteiger partial charge in [0, 0.05) is 0 Å². The molecule has 1 rings (SSSR count). The molecule has 4 nitrogen and oxygen atoms in total. The van der Waals surface area contributed by atoms with Crippen LogP contribution in [0.3, 0.4) is 0 Å². The highest BCUT2D eigenvalue weighted by Crippen LogP contribution is 2.15. The fourth-order valence-electron chi connectivity index (χ4n) is 1.36. The van der Waals surface area contributed by atoms with E-state index in [0.29, 0.717) is 0 Å². The Kier molecular flexibility index (Phi) is 2.84. The lowest BCUT2D eigenvalue weighted by Gasteiger charge is -2.24. The number of hydrogen-bond donors (Lipinski definition) is 3. The van der Waals surface area contributed by atoms with Crippen molar-refractivity contribution < 1.29 is 15.0 Å². The molecule has 4 heteroatoms. The van der Waals surface area contributed by atoms with E-state index in [9.17, 15) is 4.79 Å². The topological polar surface area (TPSA) is 69.6 Å². The average Bonchev–Trinajstić information content (AvgIpc) is 2.05. The highest BCUT2D eigenvalue weighted by Gasteiger charge is 2.26. The summed E-state index contributed by atoms with van der Waals surface area (Å²) in [5, 5.41) is 20.7. The Labute approximate surface area is 65.2 Å². The van der Waals surface area contributed by atoms with E-state index >= 15 is 0 Å². The number of carboxylic acid groups (broad SMARTS) is 1. The van der Waals surface area contributed by atoms with Crippen LogP contribution in [0.5, 0.6) is 0 Å². The van der Waals surface area contributed by atoms with Gasteiger partial charge in [-0.3, -0.25) is 0 Å². The maximum Gasteiger partial charge on any atom is 0.332 e. The number of aliphatic carboxylic acids is 1. The van der Waals surface area contributed by atoms with Crippen molar-refractivity contribution in [2.45, 2.75) is 18.9 Å². The number of carboxylic acids is 1. The van der Waals surface area contributed by atoms with Crippen LogP contribution in [-0.4, -0.2) is 35.4 Å². The molecule has 1 saturated heterocycles. The van der Waals surface area contributed by atoms with Crippen molar-refractivity contribution in [3.05, 3.63) is 0 Å². The number of aliphatic hydroxyl groups excluding tert-OH is 1. The highest BCUT2D eigenvalue weighted by atomic mass is 16.4. The molecular formula is C7H13NO3. The second-order valence-electron chi connectivity index (χ2n) is 2.87. The van der Waals surface area contributed by atoms with Crippen LogP contribution in [0.2, 0.25) is 0 Å². The van der Waals surface area contributed by atoms with Gasteiger partial charge in [0.15, 0.2) is 6.10 Å². The smallest absolute Gasteiger partial charge is 0.332 e. The molecule has 0 bridgehead atoms. The van der Waals surface area contributed by atoms with E-state index in [-0.39, 0.29) is 5.92 Å². The van der Waals surface area contributed by atoms with Gasteiger partial charge in [0.1, 0.15) is 0 Å². The molecule has 1 heterocycles. The minimum atomic E-state index is -1.17. The third-order valence-corrected chi connectivity index (χ3v) is 2.08. The van der Waals surface area contributed by atoms with Gasteiger partial charge in [-0.2, -0.15) is 0 Å². The van der Waals surface area contributed by atoms with Gasteiger partial charge >= 0.3 is 5.97 Å². The van der Waals surface area contributed by atoms with Crippen molar-refractivity contribution in [1.29, 1.82) is 0 Å². The van der Waals surface area contributed by atoms with E-state index in [4.69, 9.17) is 10.2 Å². The lowest BCUT2D eigenvalue weighted by molar-refractivity contribution is -0.150. The summed E-state index contributed by atoms with van der Waals surface area (Å²) < 4.78 is 0. The third kappa shape index (κ3) is 2.17. The van der Waals surface area contributed by atoms with Crippen molar-refractivity contribution in [3.8, 4) is 0 Å². The number of carbonyl (C=O) groups is 1. The standard InChI is InChI=1S/C7H13NO3/c9-6(7(10)11)5-1-3-8-4-2-5/h5-6,8-9H,1-4H2,(H,10,11). The maximum absolute atomic E-state index is 10.3. The predicted octanol–water partition coefficient (Wildman–Crippen LogP) is -0.569. The van der Waals surface area contributed by atoms with Crippen molar-refractivity contribution in [3.63, 3.8) is 0 Å². The van der Waals surface area contributed by atoms with Gasteiger partial charge in [-0.15, -0.1) is 0 Å². The molecule has 11 heavy (non-hydrogen) atoms. The van der Waals surface area contributed by atoms with Gasteiger partial charge in [-0.1, -0.05) is 0 Å². The molecule has 0 amide bonds. The number of hydrogen-bond acceptors (Lipinski definition) is 3. The minimum absolute atomic E-state index is 0.0613. The van der Waals surface area contributed by atoms with Crippen molar-refractivity contribution in [1.82, 2.24) is 5.32 Å². The number of rotatable bonds is 2. The molecule has 0 aliphatic carbocycles. The van der Waals surface area contributed by atoms with Gasteiger partial charge in [-0.05, 0) is 31.8 Å². The van der Waals surface area contributed by atoms with Crippen molar-refractivity contribution in [2.75, 3.05) is 13.1 Å². The second-order valence-corrected chi connectivity index (χ2v) is 2.87. The first-order valence-electron chi connectivity index (χ1n) is 3.83. The summed E-state index contributed by atoms with van der Waals surface area (Å²) in [7, 11) is 0. The first-order valence-corrected chi connectivity index (χ1v) is 3.83. The Hall–Kier alpha value is -0.610. The maximum atomic E-state index is 10.3. The zero-order valence-corrected chi connectivity index (χ0v) is 6.29. The van der Waals surface area contributed by atoms with Crippen LogP contribution in [-0.2, 0) is 4.79 Å². The molecule has 0 radical (unpaired) electrons. The first-order chi connectivity index (χ1) is 5.22. The molecule has 64 valence electrons. The summed E-state index contributed by atoms with van der Waals surface area (Å²) in [6.45, 7) is 1.63. The Morgan fingerprint density at radius 1 is 1.45 bits per heavy atom. The highest BCUT2D eigenvalue weighted by molar-refractivity contribution is 5.72. The molecule has 0 spiro atoms. The Balaban J connectivity index is 2.38. The quantitative estimate of drug-likeness (QED) is 0.504. The van der Waals surface area contributed by atoms with E-state index < -0.39 is 12.1 Å². The molecule has 0 aromatic carbocycles. The van der Waals surface area contributed by atoms with E-state index in [0.717, 1.165) is 25.9 Å². The largest absolute Gasteiger partial charge is 0.479 e. The normalized spacial score (nSPS) is 23.0. The van der Waals surface area contributed by atoms with Crippen LogP contribution >= 0.6 is 0 Å². The SMILES string of the molecule is O=C(O)C(O)C1CCNCC1. The Bertz CT molecular complexity index is 143. The second kappa shape index (κ2) is 3.69. The predicted molar refractivity (Wildman–Crippen MR) is 39.2 cm³/mol. The van der Waals surface area contributed by atoms with Crippen LogP contribution < -0.4 is 5.32 Å². The van der Waals surface area contributed by atoms with E-state index in [1.165, 1.54) is 0 Å². The molecule has 0 aromatic heterocycles. The van der Waals surface area contributed by atoms with Crippen molar-refractivity contribution in [2.24, 2.45) is 5.92 Å².